The van der Waals surface area contributed by atoms with Crippen LogP contribution in [0.15, 0.2) is 61.1 Å². The van der Waals surface area contributed by atoms with Gasteiger partial charge >= 0.3 is 6.18 Å². The fraction of sp³-hybridized carbons (Fsp3) is 0.207. The van der Waals surface area contributed by atoms with E-state index in [1.54, 1.807) is 35.1 Å². The van der Waals surface area contributed by atoms with Crippen molar-refractivity contribution in [3.05, 3.63) is 94.3 Å². The number of aromatic nitrogens is 5. The molecule has 4 N–H and O–H groups in total. The highest BCUT2D eigenvalue weighted by Gasteiger charge is 2.48. The van der Waals surface area contributed by atoms with Crippen molar-refractivity contribution >= 4 is 34.8 Å². The van der Waals surface area contributed by atoms with Gasteiger partial charge in [0.2, 0.25) is 5.91 Å². The molecule has 1 aliphatic heterocycles. The molecule has 0 spiro atoms. The lowest BCUT2D eigenvalue weighted by atomic mass is 9.77. The summed E-state index contributed by atoms with van der Waals surface area (Å²) in [6.45, 7) is 0.522. The second-order valence-corrected chi connectivity index (χ2v) is 10.7. The molecule has 1 amide bonds. The number of hydrogen-bond donors (Lipinski definition) is 4. The molecule has 10 nitrogen and oxygen atoms in total. The highest BCUT2D eigenvalue weighted by molar-refractivity contribution is 6.32. The van der Waals surface area contributed by atoms with E-state index in [1.807, 2.05) is 0 Å². The highest BCUT2D eigenvalue weighted by Crippen LogP contribution is 2.47. The van der Waals surface area contributed by atoms with Crippen LogP contribution in [0.5, 0.6) is 5.75 Å². The molecule has 1 aliphatic rings. The number of carbonyl (C=O) groups is 1. The third-order valence-corrected chi connectivity index (χ3v) is 7.74. The summed E-state index contributed by atoms with van der Waals surface area (Å²) in [5.74, 6) is -1.52. The number of anilines is 2. The monoisotopic (exact) mass is 627 g/mol. The summed E-state index contributed by atoms with van der Waals surface area (Å²) in [6.07, 6.45) is -2.62. The molecule has 2 unspecified atom stereocenters. The van der Waals surface area contributed by atoms with Gasteiger partial charge in [0.15, 0.2) is 17.6 Å². The Morgan fingerprint density at radius 1 is 1.14 bits per heavy atom. The molecule has 4 heterocycles. The van der Waals surface area contributed by atoms with Crippen molar-refractivity contribution in [3.8, 4) is 17.3 Å². The van der Waals surface area contributed by atoms with Gasteiger partial charge in [-0.2, -0.15) is 13.2 Å². The molecule has 5 aromatic rings. The number of imidazole rings is 1. The number of phenols is 1. The van der Waals surface area contributed by atoms with Gasteiger partial charge in [-0.05, 0) is 42.3 Å². The minimum Gasteiger partial charge on any atom is -0.506 e. The lowest BCUT2D eigenvalue weighted by Gasteiger charge is -2.25. The second-order valence-electron chi connectivity index (χ2n) is 10.3. The molecule has 2 atom stereocenters. The minimum atomic E-state index is -4.92. The topological polar surface area (TPSA) is 138 Å². The smallest absolute Gasteiger partial charge is 0.416 e. The van der Waals surface area contributed by atoms with Gasteiger partial charge in [0.1, 0.15) is 34.3 Å². The van der Waals surface area contributed by atoms with Crippen molar-refractivity contribution in [2.24, 2.45) is 0 Å². The summed E-state index contributed by atoms with van der Waals surface area (Å²) in [6, 6.07) is 10.00. The average Bonchev–Trinajstić information content (AvgIpc) is 3.56. The molecule has 0 saturated heterocycles. The van der Waals surface area contributed by atoms with Gasteiger partial charge in [-0.15, -0.1) is 0 Å². The molecule has 0 saturated carbocycles. The van der Waals surface area contributed by atoms with E-state index in [0.29, 0.717) is 11.3 Å². The van der Waals surface area contributed by atoms with E-state index in [4.69, 9.17) is 11.6 Å². The Hall–Kier alpha value is -4.82. The number of aliphatic hydroxyl groups excluding tert-OH is 1. The van der Waals surface area contributed by atoms with Gasteiger partial charge in [-0.3, -0.25) is 4.79 Å². The van der Waals surface area contributed by atoms with Crippen LogP contribution >= 0.6 is 11.6 Å². The van der Waals surface area contributed by atoms with Crippen LogP contribution in [0, 0.1) is 5.82 Å². The zero-order valence-corrected chi connectivity index (χ0v) is 23.4. The van der Waals surface area contributed by atoms with Crippen molar-refractivity contribution < 1.29 is 32.6 Å². The summed E-state index contributed by atoms with van der Waals surface area (Å²) in [5, 5.41) is 25.2. The standard InChI is InChI=1S/C29H22ClF4N7O3/c1-28(15-4-7-17(30)20(42)11-15)22-24(36-12-21(43)29(32,33)34)38-23(39-25(22)40-27(28)44)19-13-41-9-8-35-26(41)18(37-19)10-14-2-5-16(31)6-3-14/h2-9,11,13,21,42-43H,10,12H2,1H3,(H2,36,38,39,40,44). The summed E-state index contributed by atoms with van der Waals surface area (Å²) in [7, 11) is 0. The van der Waals surface area contributed by atoms with Gasteiger partial charge in [0.25, 0.3) is 0 Å². The van der Waals surface area contributed by atoms with Crippen LogP contribution in [0.3, 0.4) is 0 Å². The number of alkyl halides is 3. The summed E-state index contributed by atoms with van der Waals surface area (Å²) in [4.78, 5) is 31.5. The molecule has 226 valence electrons. The fourth-order valence-electron chi connectivity index (χ4n) is 5.04. The quantitative estimate of drug-likeness (QED) is 0.188. The number of halogens is 5. The minimum absolute atomic E-state index is 0.00597. The molecule has 0 bridgehead atoms. The predicted molar refractivity (Wildman–Crippen MR) is 152 cm³/mol. The van der Waals surface area contributed by atoms with Crippen LogP contribution in [0.25, 0.3) is 17.2 Å². The molecular weight excluding hydrogens is 606 g/mol. The number of phenolic OH excluding ortho intramolecular Hbond substituents is 1. The highest BCUT2D eigenvalue weighted by atomic mass is 35.5. The van der Waals surface area contributed by atoms with Gasteiger partial charge in [-0.1, -0.05) is 29.8 Å². The Morgan fingerprint density at radius 3 is 2.59 bits per heavy atom. The number of amides is 1. The van der Waals surface area contributed by atoms with Gasteiger partial charge in [0, 0.05) is 25.0 Å². The van der Waals surface area contributed by atoms with E-state index < -0.39 is 36.0 Å². The number of rotatable bonds is 7. The van der Waals surface area contributed by atoms with E-state index in [1.165, 1.54) is 37.3 Å². The van der Waals surface area contributed by atoms with Crippen LogP contribution in [0.2, 0.25) is 5.02 Å². The number of nitrogens with one attached hydrogen (secondary N) is 2. The molecule has 0 aliphatic carbocycles. The van der Waals surface area contributed by atoms with Gasteiger partial charge in [0.05, 0.1) is 22.8 Å². The summed E-state index contributed by atoms with van der Waals surface area (Å²) >= 11 is 5.97. The normalized spacial score (nSPS) is 17.0. The van der Waals surface area contributed by atoms with Crippen LogP contribution in [0.4, 0.5) is 29.2 Å². The van der Waals surface area contributed by atoms with Crippen molar-refractivity contribution in [2.45, 2.75) is 31.0 Å². The Kier molecular flexibility index (Phi) is 7.13. The van der Waals surface area contributed by atoms with Crippen molar-refractivity contribution in [1.82, 2.24) is 24.3 Å². The maximum atomic E-state index is 13.5. The number of fused-ring (bicyclic) bond motifs is 2. The van der Waals surface area contributed by atoms with E-state index in [2.05, 4.69) is 30.6 Å². The van der Waals surface area contributed by atoms with E-state index >= 15 is 0 Å². The second kappa shape index (κ2) is 10.7. The molecule has 0 fully saturated rings. The predicted octanol–water partition coefficient (Wildman–Crippen LogP) is 4.87. The maximum absolute atomic E-state index is 13.5. The molecular formula is C29H22ClF4N7O3. The number of aromatic hydroxyl groups is 1. The molecule has 6 rings (SSSR count). The van der Waals surface area contributed by atoms with Crippen LogP contribution in [0.1, 0.15) is 29.3 Å². The summed E-state index contributed by atoms with van der Waals surface area (Å²) in [5.41, 5.74) is 0.723. The largest absolute Gasteiger partial charge is 0.506 e. The summed E-state index contributed by atoms with van der Waals surface area (Å²) < 4.78 is 54.8. The van der Waals surface area contributed by atoms with Crippen molar-refractivity contribution in [1.29, 1.82) is 0 Å². The molecule has 44 heavy (non-hydrogen) atoms. The van der Waals surface area contributed by atoms with Crippen molar-refractivity contribution in [2.75, 3.05) is 17.2 Å². The first kappa shape index (κ1) is 29.3. The van der Waals surface area contributed by atoms with E-state index in [0.717, 1.165) is 5.56 Å². The Morgan fingerprint density at radius 2 is 1.89 bits per heavy atom. The molecule has 3 aromatic heterocycles. The average molecular weight is 628 g/mol. The Balaban J connectivity index is 1.50. The third kappa shape index (κ3) is 5.15. The maximum Gasteiger partial charge on any atom is 0.416 e. The molecule has 15 heteroatoms. The number of hydrogen-bond acceptors (Lipinski definition) is 8. The van der Waals surface area contributed by atoms with E-state index in [9.17, 15) is 32.6 Å². The fourth-order valence-corrected chi connectivity index (χ4v) is 5.16. The zero-order valence-electron chi connectivity index (χ0n) is 22.7. The molecule has 2 aromatic carbocycles. The van der Waals surface area contributed by atoms with Crippen LogP contribution in [-0.4, -0.2) is 59.3 Å². The number of nitrogens with zero attached hydrogens (tertiary/aromatic N) is 5. The Bertz CT molecular complexity index is 1920. The van der Waals surface area contributed by atoms with Crippen LogP contribution < -0.4 is 10.6 Å². The zero-order chi connectivity index (χ0) is 31.4. The van der Waals surface area contributed by atoms with Crippen molar-refractivity contribution in [3.63, 3.8) is 0 Å². The lowest BCUT2D eigenvalue weighted by Crippen LogP contribution is -2.36. The Labute approximate surface area is 251 Å². The lowest BCUT2D eigenvalue weighted by molar-refractivity contribution is -0.198. The molecule has 0 radical (unpaired) electrons. The first-order chi connectivity index (χ1) is 20.8. The third-order valence-electron chi connectivity index (χ3n) is 7.42. The first-order valence-electron chi connectivity index (χ1n) is 13.1. The number of carbonyl (C=O) groups excluding carboxylic acids is 1. The van der Waals surface area contributed by atoms with E-state index in [-0.39, 0.29) is 51.5 Å². The number of aliphatic hydroxyl groups is 1. The van der Waals surface area contributed by atoms with Crippen LogP contribution in [-0.2, 0) is 16.6 Å². The first-order valence-corrected chi connectivity index (χ1v) is 13.5. The SMILES string of the molecule is CC1(c2ccc(Cl)c(O)c2)C(=O)Nc2nc(-c3cn4ccnc4c(Cc4ccc(F)cc4)n3)nc(NCC(O)C(F)(F)F)c21. The number of benzene rings is 2. The van der Waals surface area contributed by atoms with Gasteiger partial charge in [-0.25, -0.2) is 24.3 Å². The van der Waals surface area contributed by atoms with Gasteiger partial charge < -0.3 is 25.2 Å².